The Kier molecular flexibility index (Phi) is 3.62. The molecule has 0 amide bonds. The van der Waals surface area contributed by atoms with E-state index < -0.39 is 0 Å². The van der Waals surface area contributed by atoms with Crippen LogP contribution in [0.15, 0.2) is 4.52 Å². The topological polar surface area (TPSA) is 72.9 Å². The first-order valence-electron chi connectivity index (χ1n) is 6.98. The minimum Gasteiger partial charge on any atom is -0.339 e. The Balaban J connectivity index is 1.88. The van der Waals surface area contributed by atoms with E-state index in [-0.39, 0.29) is 0 Å². The van der Waals surface area contributed by atoms with Gasteiger partial charge in [0.1, 0.15) is 0 Å². The summed E-state index contributed by atoms with van der Waals surface area (Å²) in [5, 5.41) is 9.27. The van der Waals surface area contributed by atoms with Gasteiger partial charge in [-0.05, 0) is 13.8 Å². The molecule has 3 aromatic rings. The maximum absolute atomic E-state index is 5.27. The first-order valence-corrected chi connectivity index (χ1v) is 7.80. The van der Waals surface area contributed by atoms with Crippen molar-refractivity contribution in [2.24, 2.45) is 7.05 Å². The van der Waals surface area contributed by atoms with Crippen molar-refractivity contribution in [1.82, 2.24) is 24.9 Å². The monoisotopic (exact) mass is 306 g/mol. The number of nitrogens with zero attached hydrogens (tertiary/aromatic N) is 6. The van der Waals surface area contributed by atoms with Crippen molar-refractivity contribution < 1.29 is 4.52 Å². The summed E-state index contributed by atoms with van der Waals surface area (Å²) in [7, 11) is 1.92. The molecule has 0 radical (unpaired) electrons. The van der Waals surface area contributed by atoms with Gasteiger partial charge in [0.2, 0.25) is 5.89 Å². The van der Waals surface area contributed by atoms with Gasteiger partial charge in [0.25, 0.3) is 0 Å². The number of aromatic nitrogens is 5. The Morgan fingerprint density at radius 2 is 2.10 bits per heavy atom. The molecule has 0 fully saturated rings. The number of hydrogen-bond acceptors (Lipinski definition) is 7. The number of anilines is 1. The summed E-state index contributed by atoms with van der Waals surface area (Å²) < 4.78 is 8.22. The van der Waals surface area contributed by atoms with Crippen LogP contribution in [-0.2, 0) is 20.0 Å². The predicted octanol–water partition coefficient (Wildman–Crippen LogP) is 2.31. The number of hydrogen-bond donors (Lipinski definition) is 0. The number of aryl methyl sites for hydroxylation is 3. The summed E-state index contributed by atoms with van der Waals surface area (Å²) in [4.78, 5) is 11.2. The molecule has 0 N–H and O–H groups in total. The SMILES string of the molecule is CCc1noc(CN(CC)c2nc3c(s2)c(C)nn3C)n1. The standard InChI is InChI=1S/C13H18N6OS/c1-5-9-14-10(20-17-9)7-19(6-2)13-15-12-11(21-13)8(3)16-18(12)4/h5-7H2,1-4H3. The van der Waals surface area contributed by atoms with Crippen LogP contribution in [-0.4, -0.2) is 31.4 Å². The second kappa shape index (κ2) is 5.44. The fraction of sp³-hybridized carbons (Fsp3) is 0.538. The maximum Gasteiger partial charge on any atom is 0.246 e. The molecule has 0 bridgehead atoms. The van der Waals surface area contributed by atoms with Crippen LogP contribution in [0.2, 0.25) is 0 Å². The summed E-state index contributed by atoms with van der Waals surface area (Å²) in [5.41, 5.74) is 1.93. The molecule has 112 valence electrons. The Labute approximate surface area is 126 Å². The summed E-state index contributed by atoms with van der Waals surface area (Å²) in [6, 6.07) is 0. The second-order valence-electron chi connectivity index (χ2n) is 4.83. The average molecular weight is 306 g/mol. The van der Waals surface area contributed by atoms with Crippen molar-refractivity contribution >= 4 is 26.8 Å². The summed E-state index contributed by atoms with van der Waals surface area (Å²) in [6.07, 6.45) is 0.779. The zero-order valence-electron chi connectivity index (χ0n) is 12.6. The fourth-order valence-corrected chi connectivity index (χ4v) is 3.28. The number of rotatable bonds is 5. The van der Waals surface area contributed by atoms with E-state index in [0.29, 0.717) is 12.4 Å². The molecule has 0 atom stereocenters. The molecule has 0 aliphatic carbocycles. The lowest BCUT2D eigenvalue weighted by Gasteiger charge is -2.16. The Bertz CT molecular complexity index is 723. The molecule has 0 saturated heterocycles. The van der Waals surface area contributed by atoms with E-state index in [2.05, 4.69) is 32.0 Å². The maximum atomic E-state index is 5.27. The Morgan fingerprint density at radius 1 is 1.29 bits per heavy atom. The van der Waals surface area contributed by atoms with Crippen LogP contribution in [0.3, 0.4) is 0 Å². The number of fused-ring (bicyclic) bond motifs is 1. The van der Waals surface area contributed by atoms with Crippen LogP contribution in [0.25, 0.3) is 10.3 Å². The minimum absolute atomic E-state index is 0.579. The molecule has 8 heteroatoms. The van der Waals surface area contributed by atoms with Crippen LogP contribution >= 0.6 is 11.3 Å². The molecule has 0 aliphatic rings. The van der Waals surface area contributed by atoms with E-state index in [9.17, 15) is 0 Å². The van der Waals surface area contributed by atoms with Crippen LogP contribution in [0, 0.1) is 6.92 Å². The van der Waals surface area contributed by atoms with Crippen molar-refractivity contribution in [2.75, 3.05) is 11.4 Å². The van der Waals surface area contributed by atoms with Crippen LogP contribution in [0.4, 0.5) is 5.13 Å². The van der Waals surface area contributed by atoms with Crippen LogP contribution in [0.5, 0.6) is 0 Å². The molecule has 3 aromatic heterocycles. The quantitative estimate of drug-likeness (QED) is 0.720. The van der Waals surface area contributed by atoms with Gasteiger partial charge in [-0.15, -0.1) is 0 Å². The lowest BCUT2D eigenvalue weighted by Crippen LogP contribution is -2.22. The minimum atomic E-state index is 0.579. The average Bonchev–Trinajstić information content (AvgIpc) is 3.15. The van der Waals surface area contributed by atoms with E-state index >= 15 is 0 Å². The van der Waals surface area contributed by atoms with Gasteiger partial charge in [0.05, 0.1) is 16.9 Å². The highest BCUT2D eigenvalue weighted by molar-refractivity contribution is 7.22. The smallest absolute Gasteiger partial charge is 0.246 e. The molecular weight excluding hydrogens is 288 g/mol. The normalized spacial score (nSPS) is 11.4. The lowest BCUT2D eigenvalue weighted by molar-refractivity contribution is 0.371. The van der Waals surface area contributed by atoms with Crippen molar-refractivity contribution in [3.05, 3.63) is 17.4 Å². The van der Waals surface area contributed by atoms with Crippen molar-refractivity contribution in [1.29, 1.82) is 0 Å². The van der Waals surface area contributed by atoms with Gasteiger partial charge in [-0.25, -0.2) is 9.67 Å². The van der Waals surface area contributed by atoms with Gasteiger partial charge in [-0.2, -0.15) is 10.1 Å². The molecule has 0 unspecified atom stereocenters. The predicted molar refractivity (Wildman–Crippen MR) is 81.5 cm³/mol. The number of thiazole rings is 1. The highest BCUT2D eigenvalue weighted by Crippen LogP contribution is 2.31. The summed E-state index contributed by atoms with van der Waals surface area (Å²) in [6.45, 7) is 7.52. The van der Waals surface area contributed by atoms with Gasteiger partial charge in [-0.3, -0.25) is 0 Å². The second-order valence-corrected chi connectivity index (χ2v) is 5.81. The van der Waals surface area contributed by atoms with Gasteiger partial charge >= 0.3 is 0 Å². The first-order chi connectivity index (χ1) is 10.1. The summed E-state index contributed by atoms with van der Waals surface area (Å²) >= 11 is 1.65. The summed E-state index contributed by atoms with van der Waals surface area (Å²) in [5.74, 6) is 1.37. The van der Waals surface area contributed by atoms with E-state index in [1.54, 1.807) is 11.3 Å². The zero-order valence-corrected chi connectivity index (χ0v) is 13.4. The van der Waals surface area contributed by atoms with E-state index in [4.69, 9.17) is 4.52 Å². The Morgan fingerprint density at radius 3 is 2.71 bits per heavy atom. The van der Waals surface area contributed by atoms with E-state index in [1.165, 1.54) is 0 Å². The van der Waals surface area contributed by atoms with Crippen molar-refractivity contribution in [2.45, 2.75) is 33.7 Å². The largest absolute Gasteiger partial charge is 0.339 e. The third-order valence-electron chi connectivity index (χ3n) is 3.34. The molecule has 3 rings (SSSR count). The highest BCUT2D eigenvalue weighted by atomic mass is 32.1. The Hall–Kier alpha value is -1.96. The van der Waals surface area contributed by atoms with Crippen LogP contribution < -0.4 is 4.90 Å². The van der Waals surface area contributed by atoms with Crippen molar-refractivity contribution in [3.63, 3.8) is 0 Å². The third-order valence-corrected chi connectivity index (χ3v) is 4.55. The highest BCUT2D eigenvalue weighted by Gasteiger charge is 2.18. The molecule has 0 saturated carbocycles. The third kappa shape index (κ3) is 2.51. The van der Waals surface area contributed by atoms with Gasteiger partial charge < -0.3 is 9.42 Å². The van der Waals surface area contributed by atoms with E-state index in [1.807, 2.05) is 25.6 Å². The lowest BCUT2D eigenvalue weighted by atomic mass is 10.4. The van der Waals surface area contributed by atoms with Gasteiger partial charge in [-0.1, -0.05) is 23.4 Å². The molecule has 0 spiro atoms. The molecule has 21 heavy (non-hydrogen) atoms. The van der Waals surface area contributed by atoms with Crippen LogP contribution in [0.1, 0.15) is 31.3 Å². The molecule has 0 aliphatic heterocycles. The van der Waals surface area contributed by atoms with Gasteiger partial charge in [0.15, 0.2) is 16.6 Å². The zero-order chi connectivity index (χ0) is 15.0. The molecule has 3 heterocycles. The first kappa shape index (κ1) is 14.0. The van der Waals surface area contributed by atoms with E-state index in [0.717, 1.165) is 40.0 Å². The fourth-order valence-electron chi connectivity index (χ4n) is 2.19. The van der Waals surface area contributed by atoms with Crippen molar-refractivity contribution in [3.8, 4) is 0 Å². The molecular formula is C13H18N6OS. The molecule has 7 nitrogen and oxygen atoms in total. The van der Waals surface area contributed by atoms with Gasteiger partial charge in [0, 0.05) is 20.0 Å². The molecule has 0 aromatic carbocycles.